The van der Waals surface area contributed by atoms with Gasteiger partial charge in [0.2, 0.25) is 0 Å². The van der Waals surface area contributed by atoms with Crippen molar-refractivity contribution in [1.82, 2.24) is 0 Å². The highest BCUT2D eigenvalue weighted by atomic mass is 79.9. The zero-order chi connectivity index (χ0) is 18.6. The largest absolute Gasteiger partial charge is 0.463 e. The van der Waals surface area contributed by atoms with E-state index in [-0.39, 0.29) is 5.97 Å². The van der Waals surface area contributed by atoms with Gasteiger partial charge >= 0.3 is 5.97 Å². The van der Waals surface area contributed by atoms with Crippen molar-refractivity contribution in [2.75, 3.05) is 6.61 Å². The zero-order valence-corrected chi connectivity index (χ0v) is 18.2. The number of rotatable bonds is 19. The Morgan fingerprint density at radius 2 is 1.28 bits per heavy atom. The third-order valence-electron chi connectivity index (χ3n) is 4.71. The molecule has 0 aromatic heterocycles. The standard InChI is InChI=1S/C22H41BrO2/c1-3-5-6-7-8-9-10-11-12-13-14-15-16-17-18-21(23)19-20-25-22(24)4-2/h4,21H,2-3,5-20H2,1H3. The lowest BCUT2D eigenvalue weighted by molar-refractivity contribution is -0.137. The van der Waals surface area contributed by atoms with E-state index in [0.717, 1.165) is 6.42 Å². The first-order valence-electron chi connectivity index (χ1n) is 10.6. The van der Waals surface area contributed by atoms with Crippen LogP contribution in [-0.4, -0.2) is 17.4 Å². The molecule has 0 saturated heterocycles. The van der Waals surface area contributed by atoms with Crippen LogP contribution in [0.15, 0.2) is 12.7 Å². The average molecular weight is 417 g/mol. The molecule has 1 unspecified atom stereocenters. The Hall–Kier alpha value is -0.310. The molecule has 25 heavy (non-hydrogen) atoms. The lowest BCUT2D eigenvalue weighted by Gasteiger charge is -2.09. The monoisotopic (exact) mass is 416 g/mol. The first kappa shape index (κ1) is 24.7. The second-order valence-electron chi connectivity index (χ2n) is 7.14. The number of carbonyl (C=O) groups is 1. The topological polar surface area (TPSA) is 26.3 Å². The van der Waals surface area contributed by atoms with Gasteiger partial charge in [-0.15, -0.1) is 0 Å². The van der Waals surface area contributed by atoms with Crippen LogP contribution in [0.5, 0.6) is 0 Å². The Morgan fingerprint density at radius 3 is 1.72 bits per heavy atom. The molecule has 0 fully saturated rings. The minimum atomic E-state index is -0.323. The molecule has 0 saturated carbocycles. The molecule has 0 aliphatic carbocycles. The van der Waals surface area contributed by atoms with Gasteiger partial charge in [-0.1, -0.05) is 119 Å². The maximum absolute atomic E-state index is 10.9. The van der Waals surface area contributed by atoms with Crippen molar-refractivity contribution in [2.45, 2.75) is 114 Å². The molecular weight excluding hydrogens is 376 g/mol. The van der Waals surface area contributed by atoms with Crippen molar-refractivity contribution in [3.8, 4) is 0 Å². The fraction of sp³-hybridized carbons (Fsp3) is 0.864. The van der Waals surface area contributed by atoms with Gasteiger partial charge in [0.05, 0.1) is 6.61 Å². The highest BCUT2D eigenvalue weighted by Gasteiger charge is 2.05. The van der Waals surface area contributed by atoms with Crippen LogP contribution in [0.25, 0.3) is 0 Å². The average Bonchev–Trinajstić information content (AvgIpc) is 2.61. The molecule has 0 aliphatic heterocycles. The van der Waals surface area contributed by atoms with Crippen molar-refractivity contribution in [3.05, 3.63) is 12.7 Å². The molecule has 0 heterocycles. The Kier molecular flexibility index (Phi) is 19.8. The fourth-order valence-electron chi connectivity index (χ4n) is 3.05. The molecule has 3 heteroatoms. The summed E-state index contributed by atoms with van der Waals surface area (Å²) >= 11 is 3.67. The van der Waals surface area contributed by atoms with Crippen LogP contribution in [0.4, 0.5) is 0 Å². The van der Waals surface area contributed by atoms with Crippen molar-refractivity contribution < 1.29 is 9.53 Å². The number of esters is 1. The fourth-order valence-corrected chi connectivity index (χ4v) is 3.56. The number of hydrogen-bond donors (Lipinski definition) is 0. The van der Waals surface area contributed by atoms with Gasteiger partial charge in [-0.2, -0.15) is 0 Å². The summed E-state index contributed by atoms with van der Waals surface area (Å²) in [5.41, 5.74) is 0. The molecule has 0 radical (unpaired) electrons. The van der Waals surface area contributed by atoms with E-state index < -0.39 is 0 Å². The minimum Gasteiger partial charge on any atom is -0.463 e. The summed E-state index contributed by atoms with van der Waals surface area (Å²) in [7, 11) is 0. The third kappa shape index (κ3) is 19.9. The van der Waals surface area contributed by atoms with E-state index in [2.05, 4.69) is 29.4 Å². The van der Waals surface area contributed by atoms with E-state index in [9.17, 15) is 4.79 Å². The van der Waals surface area contributed by atoms with Crippen LogP contribution in [0.1, 0.15) is 110 Å². The van der Waals surface area contributed by atoms with Crippen LogP contribution in [-0.2, 0) is 9.53 Å². The quantitative estimate of drug-likeness (QED) is 0.0930. The van der Waals surface area contributed by atoms with Gasteiger partial charge in [-0.3, -0.25) is 0 Å². The Bertz CT molecular complexity index is 304. The highest BCUT2D eigenvalue weighted by Crippen LogP contribution is 2.17. The van der Waals surface area contributed by atoms with Crippen LogP contribution < -0.4 is 0 Å². The first-order valence-corrected chi connectivity index (χ1v) is 11.6. The van der Waals surface area contributed by atoms with E-state index in [0.29, 0.717) is 11.4 Å². The molecule has 0 rings (SSSR count). The summed E-state index contributed by atoms with van der Waals surface area (Å²) < 4.78 is 5.00. The first-order chi connectivity index (χ1) is 12.2. The molecule has 148 valence electrons. The van der Waals surface area contributed by atoms with Gasteiger partial charge < -0.3 is 4.74 Å². The Labute approximate surface area is 165 Å². The maximum atomic E-state index is 10.9. The molecule has 0 aromatic carbocycles. The lowest BCUT2D eigenvalue weighted by atomic mass is 10.0. The van der Waals surface area contributed by atoms with Crippen molar-refractivity contribution in [3.63, 3.8) is 0 Å². The van der Waals surface area contributed by atoms with Gasteiger partial charge in [0.25, 0.3) is 0 Å². The van der Waals surface area contributed by atoms with E-state index >= 15 is 0 Å². The minimum absolute atomic E-state index is 0.323. The summed E-state index contributed by atoms with van der Waals surface area (Å²) in [5.74, 6) is -0.323. The highest BCUT2D eigenvalue weighted by molar-refractivity contribution is 9.09. The Balaban J connectivity index is 3.15. The summed E-state index contributed by atoms with van der Waals surface area (Å²) in [6.45, 7) is 6.16. The number of alkyl halides is 1. The molecule has 1 atom stereocenters. The smallest absolute Gasteiger partial charge is 0.330 e. The number of ether oxygens (including phenoxy) is 1. The Morgan fingerprint density at radius 1 is 0.840 bits per heavy atom. The van der Waals surface area contributed by atoms with E-state index in [4.69, 9.17) is 4.74 Å². The second kappa shape index (κ2) is 20.0. The van der Waals surface area contributed by atoms with Crippen molar-refractivity contribution in [1.29, 1.82) is 0 Å². The number of carbonyl (C=O) groups excluding carboxylic acids is 1. The van der Waals surface area contributed by atoms with E-state index in [1.165, 1.54) is 102 Å². The zero-order valence-electron chi connectivity index (χ0n) is 16.6. The summed E-state index contributed by atoms with van der Waals surface area (Å²) in [6, 6.07) is 0. The molecule has 0 aromatic rings. The molecule has 0 amide bonds. The van der Waals surface area contributed by atoms with Crippen LogP contribution in [0, 0.1) is 0 Å². The summed E-state index contributed by atoms with van der Waals surface area (Å²) in [4.78, 5) is 11.4. The number of halogens is 1. The van der Waals surface area contributed by atoms with E-state index in [1.54, 1.807) is 0 Å². The summed E-state index contributed by atoms with van der Waals surface area (Å²) in [6.07, 6.45) is 22.9. The van der Waals surface area contributed by atoms with Gasteiger partial charge in [-0.05, 0) is 12.8 Å². The predicted octanol–water partition coefficient (Wildman–Crippen LogP) is 7.74. The van der Waals surface area contributed by atoms with Crippen LogP contribution in [0.3, 0.4) is 0 Å². The van der Waals surface area contributed by atoms with E-state index in [1.807, 2.05) is 0 Å². The van der Waals surface area contributed by atoms with Gasteiger partial charge in [0, 0.05) is 10.9 Å². The second-order valence-corrected chi connectivity index (χ2v) is 8.44. The molecule has 0 spiro atoms. The molecule has 0 bridgehead atoms. The summed E-state index contributed by atoms with van der Waals surface area (Å²) in [5, 5.41) is 0. The molecule has 0 aliphatic rings. The van der Waals surface area contributed by atoms with Gasteiger partial charge in [-0.25, -0.2) is 4.79 Å². The third-order valence-corrected chi connectivity index (χ3v) is 5.63. The van der Waals surface area contributed by atoms with Crippen molar-refractivity contribution in [2.24, 2.45) is 0 Å². The maximum Gasteiger partial charge on any atom is 0.330 e. The lowest BCUT2D eigenvalue weighted by Crippen LogP contribution is -2.07. The molecule has 2 nitrogen and oxygen atoms in total. The molecular formula is C22H41BrO2. The van der Waals surface area contributed by atoms with Gasteiger partial charge in [0.15, 0.2) is 0 Å². The SMILES string of the molecule is C=CC(=O)OCCC(Br)CCCCCCCCCCCCCCCC. The van der Waals surface area contributed by atoms with Crippen LogP contribution in [0.2, 0.25) is 0 Å². The predicted molar refractivity (Wildman–Crippen MR) is 113 cm³/mol. The van der Waals surface area contributed by atoms with Gasteiger partial charge in [0.1, 0.15) is 0 Å². The van der Waals surface area contributed by atoms with Crippen molar-refractivity contribution >= 4 is 21.9 Å². The molecule has 0 N–H and O–H groups in total. The van der Waals surface area contributed by atoms with Crippen LogP contribution >= 0.6 is 15.9 Å². The number of unbranched alkanes of at least 4 members (excludes halogenated alkanes) is 13. The number of hydrogen-bond acceptors (Lipinski definition) is 2. The normalized spacial score (nSPS) is 12.1.